The number of benzene rings is 3. The summed E-state index contributed by atoms with van der Waals surface area (Å²) in [5.41, 5.74) is 2.83. The van der Waals surface area contributed by atoms with Crippen LogP contribution < -0.4 is 14.3 Å². The summed E-state index contributed by atoms with van der Waals surface area (Å²) in [6.07, 6.45) is 1.35. The summed E-state index contributed by atoms with van der Waals surface area (Å²) in [4.78, 5) is 2.03. The molecule has 0 saturated carbocycles. The number of hydrogen-bond acceptors (Lipinski definition) is 5. The molecule has 0 amide bonds. The van der Waals surface area contributed by atoms with Gasteiger partial charge >= 0.3 is 0 Å². The fourth-order valence-electron chi connectivity index (χ4n) is 2.67. The van der Waals surface area contributed by atoms with Crippen molar-refractivity contribution < 1.29 is 22.3 Å². The van der Waals surface area contributed by atoms with Gasteiger partial charge in [0.25, 0.3) is 10.0 Å². The standard InChI is InChI=1S/C23H23FN2O4S/c1-3-29-23-14-19(8-13-22(23)30-16-18-6-4-17(2)5-7-18)15-25-26-31(27,28)21-11-9-20(24)10-12-21/h4-15,26H,3,16H2,1-2H3/b25-15+. The Bertz CT molecular complexity index is 1150. The molecule has 0 aromatic heterocycles. The highest BCUT2D eigenvalue weighted by atomic mass is 32.2. The van der Waals surface area contributed by atoms with E-state index in [9.17, 15) is 12.8 Å². The van der Waals surface area contributed by atoms with Crippen molar-refractivity contribution in [2.24, 2.45) is 5.10 Å². The zero-order valence-corrected chi connectivity index (χ0v) is 18.0. The van der Waals surface area contributed by atoms with Crippen molar-refractivity contribution in [3.8, 4) is 11.5 Å². The third kappa shape index (κ3) is 6.29. The van der Waals surface area contributed by atoms with Crippen LogP contribution in [0.5, 0.6) is 11.5 Å². The average Bonchev–Trinajstić information content (AvgIpc) is 2.75. The normalized spacial score (nSPS) is 11.5. The van der Waals surface area contributed by atoms with Gasteiger partial charge in [0.2, 0.25) is 0 Å². The van der Waals surface area contributed by atoms with E-state index in [1.165, 1.54) is 23.9 Å². The monoisotopic (exact) mass is 442 g/mol. The van der Waals surface area contributed by atoms with Crippen molar-refractivity contribution in [1.29, 1.82) is 0 Å². The van der Waals surface area contributed by atoms with Gasteiger partial charge in [0, 0.05) is 0 Å². The summed E-state index contributed by atoms with van der Waals surface area (Å²) in [7, 11) is -3.89. The lowest BCUT2D eigenvalue weighted by atomic mass is 10.2. The van der Waals surface area contributed by atoms with E-state index in [-0.39, 0.29) is 4.90 Å². The van der Waals surface area contributed by atoms with Crippen LogP contribution in [0.15, 0.2) is 76.7 Å². The van der Waals surface area contributed by atoms with Crippen molar-refractivity contribution in [2.45, 2.75) is 25.3 Å². The molecule has 0 atom stereocenters. The molecule has 0 aliphatic carbocycles. The maximum absolute atomic E-state index is 13.0. The number of sulfonamides is 1. The first kappa shape index (κ1) is 22.3. The minimum Gasteiger partial charge on any atom is -0.490 e. The van der Waals surface area contributed by atoms with Crippen LogP contribution in [0.3, 0.4) is 0 Å². The lowest BCUT2D eigenvalue weighted by Gasteiger charge is -2.13. The molecule has 0 spiro atoms. The molecule has 0 bridgehead atoms. The summed E-state index contributed by atoms with van der Waals surface area (Å²) in [6.45, 7) is 4.73. The Balaban J connectivity index is 1.69. The van der Waals surface area contributed by atoms with Crippen molar-refractivity contribution >= 4 is 16.2 Å². The van der Waals surface area contributed by atoms with Gasteiger partial charge in [-0.2, -0.15) is 13.5 Å². The highest BCUT2D eigenvalue weighted by molar-refractivity contribution is 7.89. The summed E-state index contributed by atoms with van der Waals surface area (Å²) in [5, 5.41) is 3.79. The number of rotatable bonds is 9. The van der Waals surface area contributed by atoms with Gasteiger partial charge in [0.1, 0.15) is 12.4 Å². The smallest absolute Gasteiger partial charge is 0.276 e. The SMILES string of the molecule is CCOc1cc(/C=N/NS(=O)(=O)c2ccc(F)cc2)ccc1OCc1ccc(C)cc1. The van der Waals surface area contributed by atoms with Crippen molar-refractivity contribution in [3.05, 3.63) is 89.2 Å². The lowest BCUT2D eigenvalue weighted by Crippen LogP contribution is -2.18. The second kappa shape index (κ2) is 10.1. The molecule has 0 radical (unpaired) electrons. The molecule has 0 aliphatic rings. The number of halogens is 1. The van der Waals surface area contributed by atoms with Crippen LogP contribution in [0.1, 0.15) is 23.6 Å². The Morgan fingerprint density at radius 1 is 0.968 bits per heavy atom. The molecule has 3 aromatic rings. The number of aryl methyl sites for hydroxylation is 1. The van der Waals surface area contributed by atoms with E-state index in [2.05, 4.69) is 9.93 Å². The van der Waals surface area contributed by atoms with E-state index >= 15 is 0 Å². The summed E-state index contributed by atoms with van der Waals surface area (Å²) in [6, 6.07) is 17.7. The van der Waals surface area contributed by atoms with Crippen LogP contribution in [0.2, 0.25) is 0 Å². The van der Waals surface area contributed by atoms with E-state index in [4.69, 9.17) is 9.47 Å². The van der Waals surface area contributed by atoms with Gasteiger partial charge in [-0.1, -0.05) is 29.8 Å². The largest absolute Gasteiger partial charge is 0.490 e. The number of ether oxygens (including phenoxy) is 2. The Morgan fingerprint density at radius 3 is 2.35 bits per heavy atom. The average molecular weight is 443 g/mol. The summed E-state index contributed by atoms with van der Waals surface area (Å²) in [5.74, 6) is 0.585. The van der Waals surface area contributed by atoms with Gasteiger partial charge < -0.3 is 9.47 Å². The molecule has 3 rings (SSSR count). The zero-order chi connectivity index (χ0) is 22.3. The van der Waals surface area contributed by atoms with E-state index in [0.717, 1.165) is 17.7 Å². The number of hydrogen-bond donors (Lipinski definition) is 1. The molecular weight excluding hydrogens is 419 g/mol. The highest BCUT2D eigenvalue weighted by Crippen LogP contribution is 2.29. The Labute approximate surface area is 181 Å². The van der Waals surface area contributed by atoms with E-state index in [1.54, 1.807) is 18.2 Å². The Morgan fingerprint density at radius 2 is 1.68 bits per heavy atom. The van der Waals surface area contributed by atoms with Crippen LogP contribution >= 0.6 is 0 Å². The molecule has 8 heteroatoms. The maximum Gasteiger partial charge on any atom is 0.276 e. The first-order valence-electron chi connectivity index (χ1n) is 9.63. The van der Waals surface area contributed by atoms with E-state index in [0.29, 0.717) is 30.3 Å². The highest BCUT2D eigenvalue weighted by Gasteiger charge is 2.12. The lowest BCUT2D eigenvalue weighted by molar-refractivity contribution is 0.269. The van der Waals surface area contributed by atoms with Crippen LogP contribution in [0.25, 0.3) is 0 Å². The third-order valence-electron chi connectivity index (χ3n) is 4.29. The fraction of sp³-hybridized carbons (Fsp3) is 0.174. The molecule has 3 aromatic carbocycles. The second-order valence-electron chi connectivity index (χ2n) is 6.72. The molecule has 0 aliphatic heterocycles. The first-order valence-corrected chi connectivity index (χ1v) is 11.1. The van der Waals surface area contributed by atoms with Crippen LogP contribution in [-0.2, 0) is 16.6 Å². The van der Waals surface area contributed by atoms with Gasteiger partial charge in [0.05, 0.1) is 17.7 Å². The van der Waals surface area contributed by atoms with Gasteiger partial charge in [0.15, 0.2) is 11.5 Å². The van der Waals surface area contributed by atoms with E-state index < -0.39 is 15.8 Å². The second-order valence-corrected chi connectivity index (χ2v) is 8.38. The van der Waals surface area contributed by atoms with Gasteiger partial charge in [-0.15, -0.1) is 0 Å². The van der Waals surface area contributed by atoms with Gasteiger partial charge in [-0.25, -0.2) is 9.22 Å². The maximum atomic E-state index is 13.0. The Hall–Kier alpha value is -3.39. The van der Waals surface area contributed by atoms with Crippen molar-refractivity contribution in [2.75, 3.05) is 6.61 Å². The summed E-state index contributed by atoms with van der Waals surface area (Å²) >= 11 is 0. The molecule has 1 N–H and O–H groups in total. The summed E-state index contributed by atoms with van der Waals surface area (Å²) < 4.78 is 48.9. The van der Waals surface area contributed by atoms with Crippen LogP contribution in [0.4, 0.5) is 4.39 Å². The predicted molar refractivity (Wildman–Crippen MR) is 117 cm³/mol. The number of nitrogens with zero attached hydrogens (tertiary/aromatic N) is 1. The Kier molecular flexibility index (Phi) is 7.25. The van der Waals surface area contributed by atoms with Crippen molar-refractivity contribution in [1.82, 2.24) is 4.83 Å². The van der Waals surface area contributed by atoms with E-state index in [1.807, 2.05) is 38.1 Å². The number of hydrazone groups is 1. The topological polar surface area (TPSA) is 77.0 Å². The quantitative estimate of drug-likeness (QED) is 0.393. The molecule has 0 fully saturated rings. The van der Waals surface area contributed by atoms with Crippen molar-refractivity contribution in [3.63, 3.8) is 0 Å². The minimum atomic E-state index is -3.89. The third-order valence-corrected chi connectivity index (χ3v) is 5.53. The van der Waals surface area contributed by atoms with Crippen LogP contribution in [-0.4, -0.2) is 21.2 Å². The number of nitrogens with one attached hydrogen (secondary N) is 1. The molecule has 6 nitrogen and oxygen atoms in total. The molecule has 0 unspecified atom stereocenters. The molecular formula is C23H23FN2O4S. The zero-order valence-electron chi connectivity index (χ0n) is 17.2. The fourth-order valence-corrected chi connectivity index (χ4v) is 3.47. The molecule has 162 valence electrons. The molecule has 31 heavy (non-hydrogen) atoms. The first-order chi connectivity index (χ1) is 14.9. The predicted octanol–water partition coefficient (Wildman–Crippen LogP) is 4.42. The molecule has 0 heterocycles. The van der Waals surface area contributed by atoms with Gasteiger partial charge in [-0.05, 0) is 67.4 Å². The minimum absolute atomic E-state index is 0.0825. The van der Waals surface area contributed by atoms with Crippen LogP contribution in [0, 0.1) is 12.7 Å². The van der Waals surface area contributed by atoms with Gasteiger partial charge in [-0.3, -0.25) is 0 Å². The molecule has 0 saturated heterocycles.